The quantitative estimate of drug-likeness (QED) is 0.733. The molecule has 1 heterocycles. The molecule has 0 saturated heterocycles. The van der Waals surface area contributed by atoms with Gasteiger partial charge in [-0.1, -0.05) is 34.1 Å². The number of aryl methyl sites for hydroxylation is 2. The first-order chi connectivity index (χ1) is 10.6. The van der Waals surface area contributed by atoms with Crippen molar-refractivity contribution in [3.05, 3.63) is 64.0 Å². The molecule has 0 aliphatic rings. The van der Waals surface area contributed by atoms with E-state index in [1.54, 1.807) is 0 Å². The molecule has 0 aliphatic carbocycles. The number of nitrogens with zero attached hydrogens (tertiary/aromatic N) is 2. The monoisotopic (exact) mass is 357 g/mol. The number of nitrogens with one attached hydrogen (secondary N) is 1. The summed E-state index contributed by atoms with van der Waals surface area (Å²) in [6.07, 6.45) is 0. The van der Waals surface area contributed by atoms with E-state index in [1.807, 2.05) is 43.3 Å². The first-order valence-corrected chi connectivity index (χ1v) is 7.81. The van der Waals surface area contributed by atoms with Crippen molar-refractivity contribution < 1.29 is 4.42 Å². The van der Waals surface area contributed by atoms with Crippen molar-refractivity contribution in [3.63, 3.8) is 0 Å². The van der Waals surface area contributed by atoms with Gasteiger partial charge < -0.3 is 9.73 Å². The van der Waals surface area contributed by atoms with Crippen LogP contribution in [-0.2, 0) is 6.54 Å². The average Bonchev–Trinajstić information content (AvgIpc) is 2.98. The van der Waals surface area contributed by atoms with E-state index in [-0.39, 0.29) is 0 Å². The summed E-state index contributed by atoms with van der Waals surface area (Å²) in [6, 6.07) is 14.1. The molecule has 0 saturated carbocycles. The molecule has 0 fully saturated rings. The molecule has 3 aromatic rings. The Kier molecular flexibility index (Phi) is 4.24. The van der Waals surface area contributed by atoms with Crippen molar-refractivity contribution in [2.75, 3.05) is 5.32 Å². The number of rotatable bonds is 4. The smallest absolute Gasteiger partial charge is 0.248 e. The maximum Gasteiger partial charge on any atom is 0.248 e. The van der Waals surface area contributed by atoms with Crippen LogP contribution in [0.15, 0.2) is 51.4 Å². The lowest BCUT2D eigenvalue weighted by Crippen LogP contribution is -1.99. The Balaban J connectivity index is 1.72. The Labute approximate surface area is 137 Å². The molecule has 2 aromatic carbocycles. The molecule has 0 amide bonds. The summed E-state index contributed by atoms with van der Waals surface area (Å²) in [7, 11) is 0. The van der Waals surface area contributed by atoms with Gasteiger partial charge in [-0.05, 0) is 49.2 Å². The molecule has 112 valence electrons. The average molecular weight is 358 g/mol. The van der Waals surface area contributed by atoms with Crippen molar-refractivity contribution in [3.8, 4) is 11.5 Å². The van der Waals surface area contributed by atoms with E-state index in [0.717, 1.165) is 21.3 Å². The van der Waals surface area contributed by atoms with E-state index in [4.69, 9.17) is 4.42 Å². The first kappa shape index (κ1) is 14.8. The van der Waals surface area contributed by atoms with Crippen LogP contribution in [0.25, 0.3) is 11.5 Å². The summed E-state index contributed by atoms with van der Waals surface area (Å²) >= 11 is 3.49. The molecule has 0 aliphatic heterocycles. The summed E-state index contributed by atoms with van der Waals surface area (Å²) in [4.78, 5) is 0. The Morgan fingerprint density at radius 2 is 1.86 bits per heavy atom. The zero-order valence-corrected chi connectivity index (χ0v) is 14.0. The molecule has 5 heteroatoms. The second-order valence-corrected chi connectivity index (χ2v) is 5.99. The SMILES string of the molecule is Cc1cc(NCc2nnc(-c3ccccc3C)o2)ccc1Br. The van der Waals surface area contributed by atoms with E-state index in [9.17, 15) is 0 Å². The fourth-order valence-corrected chi connectivity index (χ4v) is 2.43. The number of hydrogen-bond acceptors (Lipinski definition) is 4. The van der Waals surface area contributed by atoms with Crippen molar-refractivity contribution in [1.29, 1.82) is 0 Å². The molecule has 0 spiro atoms. The van der Waals surface area contributed by atoms with Gasteiger partial charge in [0.05, 0.1) is 6.54 Å². The molecular weight excluding hydrogens is 342 g/mol. The molecule has 1 aromatic heterocycles. The molecule has 0 bridgehead atoms. The van der Waals surface area contributed by atoms with Crippen molar-refractivity contribution in [2.24, 2.45) is 0 Å². The summed E-state index contributed by atoms with van der Waals surface area (Å²) in [5.41, 5.74) is 4.29. The summed E-state index contributed by atoms with van der Waals surface area (Å²) in [5, 5.41) is 11.5. The largest absolute Gasteiger partial charge is 0.419 e. The standard InChI is InChI=1S/C17H16BrN3O/c1-11-5-3-4-6-14(11)17-21-20-16(22-17)10-19-13-7-8-15(18)12(2)9-13/h3-9,19H,10H2,1-2H3. The van der Waals surface area contributed by atoms with E-state index < -0.39 is 0 Å². The van der Waals surface area contributed by atoms with Crippen LogP contribution in [0, 0.1) is 13.8 Å². The van der Waals surface area contributed by atoms with Crippen LogP contribution in [0.4, 0.5) is 5.69 Å². The topological polar surface area (TPSA) is 51.0 Å². The van der Waals surface area contributed by atoms with Gasteiger partial charge in [-0.2, -0.15) is 0 Å². The zero-order valence-electron chi connectivity index (χ0n) is 12.4. The van der Waals surface area contributed by atoms with Crippen molar-refractivity contribution in [2.45, 2.75) is 20.4 Å². The van der Waals surface area contributed by atoms with E-state index >= 15 is 0 Å². The molecule has 0 atom stereocenters. The molecule has 4 nitrogen and oxygen atoms in total. The number of anilines is 1. The minimum absolute atomic E-state index is 0.500. The lowest BCUT2D eigenvalue weighted by molar-refractivity contribution is 0.514. The van der Waals surface area contributed by atoms with Gasteiger partial charge in [0.1, 0.15) is 0 Å². The van der Waals surface area contributed by atoms with Crippen molar-refractivity contribution in [1.82, 2.24) is 10.2 Å². The minimum atomic E-state index is 0.500. The highest BCUT2D eigenvalue weighted by Gasteiger charge is 2.10. The van der Waals surface area contributed by atoms with Crippen molar-refractivity contribution >= 4 is 21.6 Å². The predicted octanol–water partition coefficient (Wildman–Crippen LogP) is 4.73. The van der Waals surface area contributed by atoms with Gasteiger partial charge in [-0.25, -0.2) is 0 Å². The van der Waals surface area contributed by atoms with Crippen LogP contribution in [0.2, 0.25) is 0 Å². The van der Waals surface area contributed by atoms with Gasteiger partial charge in [0, 0.05) is 15.7 Å². The predicted molar refractivity (Wildman–Crippen MR) is 90.7 cm³/mol. The van der Waals surface area contributed by atoms with E-state index in [1.165, 1.54) is 5.56 Å². The van der Waals surface area contributed by atoms with Gasteiger partial charge in [0.15, 0.2) is 0 Å². The lowest BCUT2D eigenvalue weighted by atomic mass is 10.1. The Morgan fingerprint density at radius 1 is 1.05 bits per heavy atom. The second-order valence-electron chi connectivity index (χ2n) is 5.13. The highest BCUT2D eigenvalue weighted by Crippen LogP contribution is 2.23. The Morgan fingerprint density at radius 3 is 2.64 bits per heavy atom. The zero-order chi connectivity index (χ0) is 15.5. The van der Waals surface area contributed by atoms with Gasteiger partial charge in [0.2, 0.25) is 11.8 Å². The third kappa shape index (κ3) is 3.20. The number of halogens is 1. The lowest BCUT2D eigenvalue weighted by Gasteiger charge is -2.05. The number of hydrogen-bond donors (Lipinski definition) is 1. The van der Waals surface area contributed by atoms with Crippen LogP contribution in [0.3, 0.4) is 0 Å². The molecule has 22 heavy (non-hydrogen) atoms. The van der Waals surface area contributed by atoms with Crippen LogP contribution < -0.4 is 5.32 Å². The second kappa shape index (κ2) is 6.32. The third-order valence-corrected chi connectivity index (χ3v) is 4.33. The van der Waals surface area contributed by atoms with E-state index in [0.29, 0.717) is 18.3 Å². The van der Waals surface area contributed by atoms with Gasteiger partial charge in [-0.3, -0.25) is 0 Å². The summed E-state index contributed by atoms with van der Waals surface area (Å²) in [5.74, 6) is 1.13. The summed E-state index contributed by atoms with van der Waals surface area (Å²) < 4.78 is 6.83. The molecule has 3 rings (SSSR count). The van der Waals surface area contributed by atoms with Crippen LogP contribution in [0.5, 0.6) is 0 Å². The van der Waals surface area contributed by atoms with Gasteiger partial charge in [0.25, 0.3) is 0 Å². The minimum Gasteiger partial charge on any atom is -0.419 e. The fraction of sp³-hybridized carbons (Fsp3) is 0.176. The Hall–Kier alpha value is -2.14. The maximum atomic E-state index is 5.73. The Bertz CT molecular complexity index is 798. The maximum absolute atomic E-state index is 5.73. The highest BCUT2D eigenvalue weighted by molar-refractivity contribution is 9.10. The van der Waals surface area contributed by atoms with Crippen LogP contribution in [-0.4, -0.2) is 10.2 Å². The number of aromatic nitrogens is 2. The van der Waals surface area contributed by atoms with E-state index in [2.05, 4.69) is 44.4 Å². The number of benzene rings is 2. The first-order valence-electron chi connectivity index (χ1n) is 7.02. The third-order valence-electron chi connectivity index (χ3n) is 3.44. The molecule has 1 N–H and O–H groups in total. The summed E-state index contributed by atoms with van der Waals surface area (Å²) in [6.45, 7) is 4.58. The van der Waals surface area contributed by atoms with Gasteiger partial charge in [-0.15, -0.1) is 10.2 Å². The molecule has 0 unspecified atom stereocenters. The normalized spacial score (nSPS) is 10.7. The van der Waals surface area contributed by atoms with Gasteiger partial charge >= 0.3 is 0 Å². The highest BCUT2D eigenvalue weighted by atomic mass is 79.9. The van der Waals surface area contributed by atoms with Crippen LogP contribution in [0.1, 0.15) is 17.0 Å². The fourth-order valence-electron chi connectivity index (χ4n) is 2.18. The van der Waals surface area contributed by atoms with Crippen LogP contribution >= 0.6 is 15.9 Å². The molecule has 0 radical (unpaired) electrons. The molecular formula is C17H16BrN3O.